The van der Waals surface area contributed by atoms with Gasteiger partial charge in [0.1, 0.15) is 5.82 Å². The largest absolute Gasteiger partial charge is 0.419 e. The Morgan fingerprint density at radius 2 is 1.85 bits per heavy atom. The summed E-state index contributed by atoms with van der Waals surface area (Å²) in [4.78, 5) is 11.5. The van der Waals surface area contributed by atoms with Crippen molar-refractivity contribution < 1.29 is 17.2 Å². The predicted molar refractivity (Wildman–Crippen MR) is 96.0 cm³/mol. The fourth-order valence-corrected chi connectivity index (χ4v) is 3.77. The molecule has 0 atom stereocenters. The first-order valence-corrected chi connectivity index (χ1v) is 9.69. The van der Waals surface area contributed by atoms with Gasteiger partial charge in [-0.25, -0.2) is 22.3 Å². The predicted octanol–water partition coefficient (Wildman–Crippen LogP) is 2.57. The number of hydrogen-bond acceptors (Lipinski definition) is 4. The topological polar surface area (TPSA) is 81.3 Å². The standard InChI is InChI=1S/C18H19FN2O4S/c1-21-16-10-9-15(12-17(16)25-18(21)22)26(23,24)20-11-3-2-4-13-5-7-14(19)8-6-13/h5-10,12,20H,2-4,11H2,1H3. The lowest BCUT2D eigenvalue weighted by Crippen LogP contribution is -2.24. The second-order valence-electron chi connectivity index (χ2n) is 6.04. The molecule has 2 aromatic carbocycles. The van der Waals surface area contributed by atoms with Crippen LogP contribution in [0.1, 0.15) is 18.4 Å². The zero-order valence-corrected chi connectivity index (χ0v) is 15.1. The van der Waals surface area contributed by atoms with Crippen LogP contribution < -0.4 is 10.5 Å². The minimum absolute atomic E-state index is 0.0536. The van der Waals surface area contributed by atoms with Crippen LogP contribution in [0, 0.1) is 5.82 Å². The number of aromatic nitrogens is 1. The second-order valence-corrected chi connectivity index (χ2v) is 7.80. The van der Waals surface area contributed by atoms with E-state index in [-0.39, 0.29) is 16.3 Å². The smallest absolute Gasteiger partial charge is 0.408 e. The molecule has 6 nitrogen and oxygen atoms in total. The van der Waals surface area contributed by atoms with Crippen molar-refractivity contribution in [3.63, 3.8) is 0 Å². The summed E-state index contributed by atoms with van der Waals surface area (Å²) in [7, 11) is -2.12. The van der Waals surface area contributed by atoms with E-state index in [0.29, 0.717) is 18.5 Å². The summed E-state index contributed by atoms with van der Waals surface area (Å²) in [6.07, 6.45) is 2.18. The van der Waals surface area contributed by atoms with Crippen molar-refractivity contribution in [1.29, 1.82) is 0 Å². The summed E-state index contributed by atoms with van der Waals surface area (Å²) in [5, 5.41) is 0. The van der Waals surface area contributed by atoms with Crippen molar-refractivity contribution in [2.75, 3.05) is 6.54 Å². The van der Waals surface area contributed by atoms with Crippen molar-refractivity contribution in [3.8, 4) is 0 Å². The quantitative estimate of drug-likeness (QED) is 0.641. The van der Waals surface area contributed by atoms with E-state index in [0.717, 1.165) is 18.4 Å². The van der Waals surface area contributed by atoms with Crippen molar-refractivity contribution >= 4 is 21.1 Å². The molecule has 138 valence electrons. The van der Waals surface area contributed by atoms with E-state index in [1.807, 2.05) is 0 Å². The second kappa shape index (κ2) is 7.43. The fourth-order valence-electron chi connectivity index (χ4n) is 2.68. The van der Waals surface area contributed by atoms with E-state index in [4.69, 9.17) is 4.42 Å². The van der Waals surface area contributed by atoms with Crippen LogP contribution in [0.3, 0.4) is 0 Å². The van der Waals surface area contributed by atoms with E-state index in [9.17, 15) is 17.6 Å². The average Bonchev–Trinajstić information content (AvgIpc) is 2.90. The Morgan fingerprint density at radius 1 is 1.12 bits per heavy atom. The SMILES string of the molecule is Cn1c(=O)oc2cc(S(=O)(=O)NCCCCc3ccc(F)cc3)ccc21. The summed E-state index contributed by atoms with van der Waals surface area (Å²) < 4.78 is 46.4. The number of sulfonamides is 1. The summed E-state index contributed by atoms with van der Waals surface area (Å²) in [5.41, 5.74) is 1.78. The lowest BCUT2D eigenvalue weighted by Gasteiger charge is -2.07. The molecular formula is C18H19FN2O4S. The van der Waals surface area contributed by atoms with Crippen molar-refractivity contribution in [1.82, 2.24) is 9.29 Å². The number of aryl methyl sites for hydroxylation is 2. The molecule has 0 radical (unpaired) electrons. The number of halogens is 1. The number of rotatable bonds is 7. The molecule has 0 spiro atoms. The molecule has 3 rings (SSSR count). The number of nitrogens with zero attached hydrogens (tertiary/aromatic N) is 1. The number of benzene rings is 2. The van der Waals surface area contributed by atoms with Crippen LogP contribution >= 0.6 is 0 Å². The Balaban J connectivity index is 1.57. The van der Waals surface area contributed by atoms with E-state index >= 15 is 0 Å². The zero-order valence-electron chi connectivity index (χ0n) is 14.2. The molecule has 0 amide bonds. The lowest BCUT2D eigenvalue weighted by atomic mass is 10.1. The highest BCUT2D eigenvalue weighted by atomic mass is 32.2. The van der Waals surface area contributed by atoms with Crippen LogP contribution in [0.25, 0.3) is 11.1 Å². The van der Waals surface area contributed by atoms with Gasteiger partial charge >= 0.3 is 5.76 Å². The van der Waals surface area contributed by atoms with E-state index < -0.39 is 15.8 Å². The molecule has 0 unspecified atom stereocenters. The molecule has 1 aromatic heterocycles. The van der Waals surface area contributed by atoms with Crippen LogP contribution in [-0.2, 0) is 23.5 Å². The van der Waals surface area contributed by atoms with Crippen molar-refractivity contribution in [3.05, 3.63) is 64.4 Å². The summed E-state index contributed by atoms with van der Waals surface area (Å²) >= 11 is 0. The van der Waals surface area contributed by atoms with Crippen molar-refractivity contribution in [2.24, 2.45) is 7.05 Å². The molecule has 3 aromatic rings. The first kappa shape index (κ1) is 18.3. The number of unbranched alkanes of at least 4 members (excludes halogenated alkanes) is 1. The summed E-state index contributed by atoms with van der Waals surface area (Å²) in [6, 6.07) is 10.6. The highest BCUT2D eigenvalue weighted by Crippen LogP contribution is 2.18. The number of oxazole rings is 1. The van der Waals surface area contributed by atoms with Gasteiger partial charge in [-0.2, -0.15) is 0 Å². The molecule has 0 saturated carbocycles. The van der Waals surface area contributed by atoms with E-state index in [2.05, 4.69) is 4.72 Å². The first-order chi connectivity index (χ1) is 12.4. The molecule has 8 heteroatoms. The van der Waals surface area contributed by atoms with Gasteiger partial charge in [-0.15, -0.1) is 0 Å². The third-order valence-corrected chi connectivity index (χ3v) is 5.63. The van der Waals surface area contributed by atoms with Crippen molar-refractivity contribution in [2.45, 2.75) is 24.2 Å². The van der Waals surface area contributed by atoms with Crippen LogP contribution in [0.5, 0.6) is 0 Å². The van der Waals surface area contributed by atoms with E-state index in [1.165, 1.54) is 28.8 Å². The van der Waals surface area contributed by atoms with Crippen LogP contribution in [0.15, 0.2) is 56.6 Å². The molecule has 0 saturated heterocycles. The van der Waals surface area contributed by atoms with Gasteiger partial charge in [-0.1, -0.05) is 12.1 Å². The molecule has 26 heavy (non-hydrogen) atoms. The Bertz CT molecular complexity index is 1070. The normalized spacial score (nSPS) is 11.9. The Morgan fingerprint density at radius 3 is 2.58 bits per heavy atom. The van der Waals surface area contributed by atoms with Crippen LogP contribution in [0.4, 0.5) is 4.39 Å². The third-order valence-electron chi connectivity index (χ3n) is 4.17. The van der Waals surface area contributed by atoms with Crippen LogP contribution in [-0.4, -0.2) is 19.5 Å². The maximum atomic E-state index is 12.8. The minimum Gasteiger partial charge on any atom is -0.408 e. The molecule has 0 aliphatic heterocycles. The van der Waals surface area contributed by atoms with Gasteiger partial charge in [0, 0.05) is 19.7 Å². The van der Waals surface area contributed by atoms with E-state index in [1.54, 1.807) is 25.2 Å². The third kappa shape index (κ3) is 4.03. The molecular weight excluding hydrogens is 359 g/mol. The molecule has 1 N–H and O–H groups in total. The van der Waals surface area contributed by atoms with Gasteiger partial charge in [0.15, 0.2) is 5.58 Å². The highest BCUT2D eigenvalue weighted by Gasteiger charge is 2.16. The van der Waals surface area contributed by atoms with Gasteiger partial charge in [-0.05, 0) is 49.1 Å². The number of hydrogen-bond donors (Lipinski definition) is 1. The monoisotopic (exact) mass is 378 g/mol. The number of fused-ring (bicyclic) bond motifs is 1. The molecule has 1 heterocycles. The molecule has 0 aliphatic rings. The maximum absolute atomic E-state index is 12.8. The Labute approximate surface area is 150 Å². The molecule has 0 aliphatic carbocycles. The Kier molecular flexibility index (Phi) is 5.24. The first-order valence-electron chi connectivity index (χ1n) is 8.20. The molecule has 0 fully saturated rings. The average molecular weight is 378 g/mol. The van der Waals surface area contributed by atoms with Gasteiger partial charge in [0.25, 0.3) is 0 Å². The van der Waals surface area contributed by atoms with Crippen LogP contribution in [0.2, 0.25) is 0 Å². The highest BCUT2D eigenvalue weighted by molar-refractivity contribution is 7.89. The zero-order chi connectivity index (χ0) is 18.7. The summed E-state index contributed by atoms with van der Waals surface area (Å²) in [5.74, 6) is -0.809. The van der Waals surface area contributed by atoms with Gasteiger partial charge in [-0.3, -0.25) is 4.57 Å². The maximum Gasteiger partial charge on any atom is 0.419 e. The van der Waals surface area contributed by atoms with Gasteiger partial charge in [0.2, 0.25) is 10.0 Å². The van der Waals surface area contributed by atoms with Gasteiger partial charge in [0.05, 0.1) is 10.4 Å². The minimum atomic E-state index is -3.68. The molecule has 0 bridgehead atoms. The lowest BCUT2D eigenvalue weighted by molar-refractivity contribution is 0.527. The number of nitrogens with one attached hydrogen (secondary N) is 1. The van der Waals surface area contributed by atoms with Gasteiger partial charge < -0.3 is 4.42 Å². The Hall–Kier alpha value is -2.45. The fraction of sp³-hybridized carbons (Fsp3) is 0.278. The summed E-state index contributed by atoms with van der Waals surface area (Å²) in [6.45, 7) is 0.292.